The Labute approximate surface area is 188 Å². The normalized spacial score (nSPS) is 18.9. The highest BCUT2D eigenvalue weighted by atomic mass is 16.4. The van der Waals surface area contributed by atoms with Crippen molar-refractivity contribution in [1.29, 1.82) is 0 Å². The Kier molecular flexibility index (Phi) is 6.72. The number of hydrogen-bond acceptors (Lipinski definition) is 4. The summed E-state index contributed by atoms with van der Waals surface area (Å²) in [7, 11) is 0. The number of fused-ring (bicyclic) bond motifs is 1. The molecule has 1 atom stereocenters. The van der Waals surface area contributed by atoms with E-state index in [4.69, 9.17) is 5.11 Å². The Morgan fingerprint density at radius 1 is 1.06 bits per heavy atom. The van der Waals surface area contributed by atoms with Gasteiger partial charge in [-0.15, -0.1) is 0 Å². The van der Waals surface area contributed by atoms with Crippen molar-refractivity contribution in [3.8, 4) is 0 Å². The molecule has 2 aromatic rings. The average Bonchev–Trinajstić information content (AvgIpc) is 2.82. The predicted molar refractivity (Wildman–Crippen MR) is 121 cm³/mol. The Bertz CT molecular complexity index is 990. The van der Waals surface area contributed by atoms with E-state index >= 15 is 0 Å². The highest BCUT2D eigenvalue weighted by Crippen LogP contribution is 2.44. The summed E-state index contributed by atoms with van der Waals surface area (Å²) in [5.41, 5.74) is 1.51. The van der Waals surface area contributed by atoms with Crippen molar-refractivity contribution in [2.45, 2.75) is 63.8 Å². The van der Waals surface area contributed by atoms with E-state index in [0.29, 0.717) is 24.1 Å². The predicted octanol–water partition coefficient (Wildman–Crippen LogP) is 3.77. The number of carboxylic acid groups (broad SMARTS) is 1. The molecule has 1 aromatic carbocycles. The van der Waals surface area contributed by atoms with Gasteiger partial charge in [-0.05, 0) is 49.7 Å². The highest BCUT2D eigenvalue weighted by molar-refractivity contribution is 5.99. The molecule has 0 radical (unpaired) electrons. The van der Waals surface area contributed by atoms with Crippen molar-refractivity contribution >= 4 is 28.7 Å². The second kappa shape index (κ2) is 9.67. The van der Waals surface area contributed by atoms with Crippen LogP contribution in [-0.4, -0.2) is 51.9 Å². The molecule has 170 valence electrons. The molecule has 7 heteroatoms. The number of amides is 2. The van der Waals surface area contributed by atoms with Gasteiger partial charge in [-0.2, -0.15) is 0 Å². The monoisotopic (exact) mass is 437 g/mol. The third-order valence-electron chi connectivity index (χ3n) is 7.15. The zero-order chi connectivity index (χ0) is 22.6. The number of benzene rings is 1. The topological polar surface area (TPSA) is 99.6 Å². The van der Waals surface area contributed by atoms with Crippen LogP contribution in [0.5, 0.6) is 0 Å². The maximum Gasteiger partial charge on any atom is 0.303 e. The SMILES string of the molecule is O=C(O)CC[C@@H](NC(=O)c1cnc2ccccc2c1)C(=O)N1CCC2(CCCCC2)CC1. The summed E-state index contributed by atoms with van der Waals surface area (Å²) in [6.45, 7) is 1.35. The number of nitrogens with zero attached hydrogens (tertiary/aromatic N) is 2. The molecular weight excluding hydrogens is 406 g/mol. The lowest BCUT2D eigenvalue weighted by Gasteiger charge is -2.45. The number of piperidine rings is 1. The maximum atomic E-state index is 13.3. The lowest BCUT2D eigenvalue weighted by atomic mass is 9.68. The van der Waals surface area contributed by atoms with Gasteiger partial charge in [-0.1, -0.05) is 37.5 Å². The van der Waals surface area contributed by atoms with Gasteiger partial charge in [0.05, 0.1) is 11.1 Å². The second-order valence-electron chi connectivity index (χ2n) is 9.26. The van der Waals surface area contributed by atoms with Gasteiger partial charge in [0.15, 0.2) is 0 Å². The number of para-hydroxylation sites is 1. The molecule has 2 heterocycles. The number of nitrogens with one attached hydrogen (secondary N) is 1. The summed E-state index contributed by atoms with van der Waals surface area (Å²) < 4.78 is 0. The van der Waals surface area contributed by atoms with Crippen LogP contribution >= 0.6 is 0 Å². The minimum atomic E-state index is -0.982. The molecule has 1 aliphatic carbocycles. The lowest BCUT2D eigenvalue weighted by Crippen LogP contribution is -2.52. The fraction of sp³-hybridized carbons (Fsp3) is 0.520. The number of hydrogen-bond donors (Lipinski definition) is 2. The van der Waals surface area contributed by atoms with Crippen LogP contribution in [0.3, 0.4) is 0 Å². The van der Waals surface area contributed by atoms with Gasteiger partial charge < -0.3 is 15.3 Å². The minimum Gasteiger partial charge on any atom is -0.481 e. The number of aromatic nitrogens is 1. The molecule has 1 spiro atoms. The summed E-state index contributed by atoms with van der Waals surface area (Å²) >= 11 is 0. The van der Waals surface area contributed by atoms with E-state index < -0.39 is 17.9 Å². The standard InChI is InChI=1S/C25H31N3O4/c29-22(30)9-8-21(24(32)28-14-12-25(13-15-28)10-4-1-5-11-25)27-23(31)19-16-18-6-2-3-7-20(18)26-17-19/h2-3,6-7,16-17,21H,1,4-5,8-15H2,(H,27,31)(H,29,30)/t21-/m1/s1. The number of pyridine rings is 1. The van der Waals surface area contributed by atoms with Crippen LogP contribution in [-0.2, 0) is 9.59 Å². The Morgan fingerprint density at radius 3 is 2.50 bits per heavy atom. The van der Waals surface area contributed by atoms with Crippen molar-refractivity contribution < 1.29 is 19.5 Å². The largest absolute Gasteiger partial charge is 0.481 e. The lowest BCUT2D eigenvalue weighted by molar-refractivity contribution is -0.138. The Morgan fingerprint density at radius 2 is 1.78 bits per heavy atom. The first-order valence-corrected chi connectivity index (χ1v) is 11.6. The molecule has 0 bridgehead atoms. The van der Waals surface area contributed by atoms with Crippen LogP contribution in [0.1, 0.15) is 68.1 Å². The van der Waals surface area contributed by atoms with Gasteiger partial charge in [-0.25, -0.2) is 0 Å². The molecule has 1 saturated carbocycles. The first-order chi connectivity index (χ1) is 15.5. The molecule has 2 N–H and O–H groups in total. The van der Waals surface area contributed by atoms with Gasteiger partial charge in [0.2, 0.25) is 5.91 Å². The minimum absolute atomic E-state index is 0.0720. The van der Waals surface area contributed by atoms with Crippen LogP contribution in [0.4, 0.5) is 0 Å². The summed E-state index contributed by atoms with van der Waals surface area (Å²) in [6.07, 6.45) is 9.69. The van der Waals surface area contributed by atoms with Crippen molar-refractivity contribution in [1.82, 2.24) is 15.2 Å². The molecule has 2 fully saturated rings. The number of carbonyl (C=O) groups is 3. The second-order valence-corrected chi connectivity index (χ2v) is 9.26. The summed E-state index contributed by atoms with van der Waals surface area (Å²) in [5, 5.41) is 12.8. The molecule has 0 unspecified atom stereocenters. The summed E-state index contributed by atoms with van der Waals surface area (Å²) in [5.74, 6) is -1.57. The number of rotatable bonds is 6. The molecular formula is C25H31N3O4. The van der Waals surface area contributed by atoms with E-state index in [1.807, 2.05) is 29.2 Å². The van der Waals surface area contributed by atoms with E-state index in [-0.39, 0.29) is 18.7 Å². The summed E-state index contributed by atoms with van der Waals surface area (Å²) in [6, 6.07) is 8.38. The van der Waals surface area contributed by atoms with Crippen LogP contribution in [0.25, 0.3) is 10.9 Å². The zero-order valence-electron chi connectivity index (χ0n) is 18.4. The van der Waals surface area contributed by atoms with Gasteiger partial charge in [0.25, 0.3) is 5.91 Å². The number of carbonyl (C=O) groups excluding carboxylic acids is 2. The van der Waals surface area contributed by atoms with Crippen molar-refractivity contribution in [3.63, 3.8) is 0 Å². The van der Waals surface area contributed by atoms with E-state index in [1.54, 1.807) is 6.07 Å². The highest BCUT2D eigenvalue weighted by Gasteiger charge is 2.38. The van der Waals surface area contributed by atoms with Crippen molar-refractivity contribution in [3.05, 3.63) is 42.1 Å². The first-order valence-electron chi connectivity index (χ1n) is 11.6. The molecule has 32 heavy (non-hydrogen) atoms. The molecule has 4 rings (SSSR count). The average molecular weight is 438 g/mol. The number of likely N-dealkylation sites (tertiary alicyclic amines) is 1. The fourth-order valence-electron chi connectivity index (χ4n) is 5.19. The third kappa shape index (κ3) is 5.09. The summed E-state index contributed by atoms with van der Waals surface area (Å²) in [4.78, 5) is 43.5. The van der Waals surface area contributed by atoms with Gasteiger partial charge in [-0.3, -0.25) is 19.4 Å². The third-order valence-corrected chi connectivity index (χ3v) is 7.15. The smallest absolute Gasteiger partial charge is 0.303 e. The van der Waals surface area contributed by atoms with Crippen LogP contribution in [0, 0.1) is 5.41 Å². The Hall–Kier alpha value is -2.96. The van der Waals surface area contributed by atoms with E-state index in [9.17, 15) is 14.4 Å². The zero-order valence-corrected chi connectivity index (χ0v) is 18.4. The van der Waals surface area contributed by atoms with Gasteiger partial charge in [0.1, 0.15) is 6.04 Å². The van der Waals surface area contributed by atoms with E-state index in [2.05, 4.69) is 10.3 Å². The molecule has 1 aromatic heterocycles. The van der Waals surface area contributed by atoms with E-state index in [1.165, 1.54) is 38.3 Å². The van der Waals surface area contributed by atoms with Crippen molar-refractivity contribution in [2.24, 2.45) is 5.41 Å². The molecule has 2 aliphatic rings. The van der Waals surface area contributed by atoms with Crippen molar-refractivity contribution in [2.75, 3.05) is 13.1 Å². The van der Waals surface area contributed by atoms with Gasteiger partial charge in [0, 0.05) is 31.1 Å². The molecule has 1 aliphatic heterocycles. The quantitative estimate of drug-likeness (QED) is 0.717. The molecule has 1 saturated heterocycles. The molecule has 7 nitrogen and oxygen atoms in total. The van der Waals surface area contributed by atoms with Crippen LogP contribution < -0.4 is 5.32 Å². The first kappa shape index (κ1) is 22.2. The number of aliphatic carboxylic acids is 1. The number of carboxylic acids is 1. The molecule has 2 amide bonds. The van der Waals surface area contributed by atoms with Crippen LogP contribution in [0.2, 0.25) is 0 Å². The fourth-order valence-corrected chi connectivity index (χ4v) is 5.19. The maximum absolute atomic E-state index is 13.3. The van der Waals surface area contributed by atoms with E-state index in [0.717, 1.165) is 23.7 Å². The van der Waals surface area contributed by atoms with Gasteiger partial charge >= 0.3 is 5.97 Å². The Balaban J connectivity index is 1.44. The van der Waals surface area contributed by atoms with Crippen LogP contribution in [0.15, 0.2) is 36.5 Å².